The molecule has 0 aliphatic rings. The number of methoxy groups -OCH3 is 3. The molecule has 7 nitrogen and oxygen atoms in total. The van der Waals surface area contributed by atoms with Crippen LogP contribution in [-0.4, -0.2) is 33.1 Å². The molecular weight excluding hydrogens is 428 g/mol. The van der Waals surface area contributed by atoms with Crippen LogP contribution < -0.4 is 24.8 Å². The minimum absolute atomic E-state index is 0.140. The van der Waals surface area contributed by atoms with Crippen molar-refractivity contribution in [3.63, 3.8) is 0 Å². The van der Waals surface area contributed by atoms with Crippen LogP contribution in [0.25, 0.3) is 6.08 Å². The van der Waals surface area contributed by atoms with Gasteiger partial charge in [-0.1, -0.05) is 24.3 Å². The molecule has 1 heterocycles. The number of benzene rings is 2. The lowest BCUT2D eigenvalue weighted by Crippen LogP contribution is -2.34. The summed E-state index contributed by atoms with van der Waals surface area (Å²) < 4.78 is 16.2. The van der Waals surface area contributed by atoms with Crippen LogP contribution in [0.2, 0.25) is 0 Å². The van der Waals surface area contributed by atoms with Gasteiger partial charge in [-0.2, -0.15) is 0 Å². The molecule has 3 rings (SSSR count). The van der Waals surface area contributed by atoms with Gasteiger partial charge < -0.3 is 24.8 Å². The van der Waals surface area contributed by atoms with Crippen LogP contribution in [0.4, 0.5) is 0 Å². The van der Waals surface area contributed by atoms with Gasteiger partial charge in [0.2, 0.25) is 5.75 Å². The maximum absolute atomic E-state index is 13.0. The van der Waals surface area contributed by atoms with Crippen molar-refractivity contribution in [3.05, 3.63) is 81.7 Å². The first-order valence-electron chi connectivity index (χ1n) is 9.75. The summed E-state index contributed by atoms with van der Waals surface area (Å²) in [6, 6.07) is 16.0. The van der Waals surface area contributed by atoms with E-state index in [4.69, 9.17) is 14.2 Å². The highest BCUT2D eigenvalue weighted by atomic mass is 32.1. The highest BCUT2D eigenvalue weighted by Crippen LogP contribution is 2.39. The summed E-state index contributed by atoms with van der Waals surface area (Å²) >= 11 is 1.46. The molecule has 2 N–H and O–H groups in total. The second-order valence-electron chi connectivity index (χ2n) is 6.57. The van der Waals surface area contributed by atoms with E-state index >= 15 is 0 Å². The molecule has 0 atom stereocenters. The second kappa shape index (κ2) is 11.0. The van der Waals surface area contributed by atoms with E-state index in [1.165, 1.54) is 32.7 Å². The van der Waals surface area contributed by atoms with Crippen molar-refractivity contribution >= 4 is 29.2 Å². The van der Waals surface area contributed by atoms with Gasteiger partial charge in [-0.05, 0) is 41.8 Å². The summed E-state index contributed by atoms with van der Waals surface area (Å²) in [5.41, 5.74) is 1.29. The van der Waals surface area contributed by atoms with Crippen molar-refractivity contribution in [2.45, 2.75) is 6.54 Å². The molecule has 0 saturated carbocycles. The minimum atomic E-state index is -0.431. The molecule has 2 aromatic carbocycles. The molecule has 0 bridgehead atoms. The molecule has 0 fully saturated rings. The van der Waals surface area contributed by atoms with E-state index in [9.17, 15) is 9.59 Å². The first-order valence-corrected chi connectivity index (χ1v) is 10.6. The zero-order valence-electron chi connectivity index (χ0n) is 18.0. The molecule has 0 saturated heterocycles. The highest BCUT2D eigenvalue weighted by molar-refractivity contribution is 7.10. The average Bonchev–Trinajstić information content (AvgIpc) is 3.34. The topological polar surface area (TPSA) is 85.9 Å². The van der Waals surface area contributed by atoms with Crippen molar-refractivity contribution < 1.29 is 23.8 Å². The predicted octanol–water partition coefficient (Wildman–Crippen LogP) is 3.86. The van der Waals surface area contributed by atoms with Gasteiger partial charge in [0.05, 0.1) is 21.3 Å². The van der Waals surface area contributed by atoms with Gasteiger partial charge in [-0.25, -0.2) is 0 Å². The van der Waals surface area contributed by atoms with Crippen LogP contribution in [0.15, 0.2) is 65.7 Å². The Hall–Kier alpha value is -3.78. The summed E-state index contributed by atoms with van der Waals surface area (Å²) in [4.78, 5) is 26.5. The second-order valence-corrected chi connectivity index (χ2v) is 7.55. The standard InChI is InChI=1S/C24H24N2O5S/c1-29-20-12-11-17(21(30-2)22(20)31-3)15-25-24(28)19(14-18-10-7-13-32-18)26-23(27)16-8-5-4-6-9-16/h4-14H,15H2,1-3H3,(H,25,28)(H,26,27)/b19-14-. The molecule has 8 heteroatoms. The van der Waals surface area contributed by atoms with Gasteiger partial charge in [0.1, 0.15) is 5.70 Å². The van der Waals surface area contributed by atoms with Gasteiger partial charge in [0.15, 0.2) is 11.5 Å². The highest BCUT2D eigenvalue weighted by Gasteiger charge is 2.18. The molecule has 0 aliphatic carbocycles. The summed E-state index contributed by atoms with van der Waals surface area (Å²) in [6.07, 6.45) is 1.65. The van der Waals surface area contributed by atoms with Gasteiger partial charge in [-0.15, -0.1) is 11.3 Å². The number of carbonyl (C=O) groups excluding carboxylic acids is 2. The zero-order valence-corrected chi connectivity index (χ0v) is 18.8. The normalized spacial score (nSPS) is 10.9. The Balaban J connectivity index is 1.81. The maximum Gasteiger partial charge on any atom is 0.268 e. The summed E-state index contributed by atoms with van der Waals surface area (Å²) in [7, 11) is 4.57. The number of carbonyl (C=O) groups is 2. The molecule has 1 aromatic heterocycles. The molecule has 32 heavy (non-hydrogen) atoms. The van der Waals surface area contributed by atoms with Crippen LogP contribution in [0, 0.1) is 0 Å². The van der Waals surface area contributed by atoms with Crippen molar-refractivity contribution in [1.29, 1.82) is 0 Å². The number of rotatable bonds is 9. The third kappa shape index (κ3) is 5.47. The zero-order chi connectivity index (χ0) is 22.9. The number of hydrogen-bond acceptors (Lipinski definition) is 6. The lowest BCUT2D eigenvalue weighted by Gasteiger charge is -2.16. The molecule has 2 amide bonds. The number of amides is 2. The van der Waals surface area contributed by atoms with Crippen LogP contribution in [0.1, 0.15) is 20.8 Å². The summed E-state index contributed by atoms with van der Waals surface area (Å²) in [6.45, 7) is 0.158. The lowest BCUT2D eigenvalue weighted by atomic mass is 10.1. The SMILES string of the molecule is COc1ccc(CNC(=O)/C(=C/c2cccs2)NC(=O)c2ccccc2)c(OC)c1OC. The largest absolute Gasteiger partial charge is 0.493 e. The molecule has 3 aromatic rings. The number of ether oxygens (including phenoxy) is 3. The number of thiophene rings is 1. The molecule has 0 radical (unpaired) electrons. The maximum atomic E-state index is 13.0. The van der Waals surface area contributed by atoms with E-state index < -0.39 is 5.91 Å². The molecule has 0 aliphatic heterocycles. The minimum Gasteiger partial charge on any atom is -0.493 e. The van der Waals surface area contributed by atoms with Gasteiger partial charge in [0.25, 0.3) is 11.8 Å². The van der Waals surface area contributed by atoms with Crippen LogP contribution in [0.3, 0.4) is 0 Å². The van der Waals surface area contributed by atoms with Crippen molar-refractivity contribution in [2.24, 2.45) is 0 Å². The number of nitrogens with one attached hydrogen (secondary N) is 2. The lowest BCUT2D eigenvalue weighted by molar-refractivity contribution is -0.117. The number of hydrogen-bond donors (Lipinski definition) is 2. The Morgan fingerprint density at radius 1 is 0.906 bits per heavy atom. The van der Waals surface area contributed by atoms with Gasteiger partial charge >= 0.3 is 0 Å². The van der Waals surface area contributed by atoms with Crippen LogP contribution in [0.5, 0.6) is 17.2 Å². The summed E-state index contributed by atoms with van der Waals surface area (Å²) in [5, 5.41) is 7.45. The van der Waals surface area contributed by atoms with Crippen LogP contribution in [-0.2, 0) is 11.3 Å². The monoisotopic (exact) mass is 452 g/mol. The Morgan fingerprint density at radius 2 is 1.66 bits per heavy atom. The van der Waals surface area contributed by atoms with E-state index in [0.29, 0.717) is 28.4 Å². The van der Waals surface area contributed by atoms with E-state index in [1.807, 2.05) is 23.6 Å². The van der Waals surface area contributed by atoms with E-state index in [2.05, 4.69) is 10.6 Å². The van der Waals surface area contributed by atoms with E-state index in [1.54, 1.807) is 42.5 Å². The van der Waals surface area contributed by atoms with Crippen molar-refractivity contribution in [2.75, 3.05) is 21.3 Å². The quantitative estimate of drug-likeness (QED) is 0.482. The predicted molar refractivity (Wildman–Crippen MR) is 124 cm³/mol. The third-order valence-corrected chi connectivity index (χ3v) is 5.40. The Kier molecular flexibility index (Phi) is 7.88. The Morgan fingerprint density at radius 3 is 2.28 bits per heavy atom. The van der Waals surface area contributed by atoms with E-state index in [0.717, 1.165) is 4.88 Å². The molecular formula is C24H24N2O5S. The van der Waals surface area contributed by atoms with E-state index in [-0.39, 0.29) is 18.1 Å². The Labute approximate surface area is 190 Å². The first-order chi connectivity index (χ1) is 15.6. The molecule has 0 spiro atoms. The van der Waals surface area contributed by atoms with Gasteiger partial charge in [-0.3, -0.25) is 9.59 Å². The Bertz CT molecular complexity index is 1100. The summed E-state index contributed by atoms with van der Waals surface area (Å²) in [5.74, 6) is 0.623. The molecule has 0 unspecified atom stereocenters. The van der Waals surface area contributed by atoms with Crippen LogP contribution >= 0.6 is 11.3 Å². The fourth-order valence-corrected chi connectivity index (χ4v) is 3.69. The fraction of sp³-hybridized carbons (Fsp3) is 0.167. The average molecular weight is 453 g/mol. The third-order valence-electron chi connectivity index (χ3n) is 4.58. The van der Waals surface area contributed by atoms with Crippen molar-refractivity contribution in [3.8, 4) is 17.2 Å². The molecule has 166 valence electrons. The fourth-order valence-electron chi connectivity index (χ4n) is 3.03. The van der Waals surface area contributed by atoms with Crippen molar-refractivity contribution in [1.82, 2.24) is 10.6 Å². The first kappa shape index (κ1) is 22.9. The smallest absolute Gasteiger partial charge is 0.268 e. The van der Waals surface area contributed by atoms with Gasteiger partial charge in [0, 0.05) is 22.5 Å².